The molecule has 1 atom stereocenters. The third-order valence-corrected chi connectivity index (χ3v) is 6.58. The first kappa shape index (κ1) is 19.8. The summed E-state index contributed by atoms with van der Waals surface area (Å²) in [6, 6.07) is 10.9. The molecule has 3 rings (SSSR count). The molecule has 0 amide bonds. The fraction of sp³-hybridized carbons (Fsp3) is 0.524. The van der Waals surface area contributed by atoms with Crippen molar-refractivity contribution in [2.24, 2.45) is 4.99 Å². The molecule has 1 heterocycles. The Morgan fingerprint density at radius 2 is 2.11 bits per heavy atom. The summed E-state index contributed by atoms with van der Waals surface area (Å²) in [5.74, 6) is 0.909. The molecule has 1 aliphatic carbocycles. The van der Waals surface area contributed by atoms with Crippen LogP contribution in [0.15, 0.2) is 40.7 Å². The van der Waals surface area contributed by atoms with E-state index < -0.39 is 0 Å². The topological polar surface area (TPSA) is 49.8 Å². The predicted molar refractivity (Wildman–Crippen MR) is 112 cm³/mol. The maximum absolute atomic E-state index is 5.36. The largest absolute Gasteiger partial charge is 0.375 e. The molecule has 1 aromatic heterocycles. The second kappa shape index (κ2) is 8.85. The van der Waals surface area contributed by atoms with Gasteiger partial charge in [-0.2, -0.15) is 0 Å². The number of hydrogen-bond donors (Lipinski definition) is 1. The summed E-state index contributed by atoms with van der Waals surface area (Å²) in [6.45, 7) is 3.66. The first-order valence-corrected chi connectivity index (χ1v) is 10.4. The molecular formula is C21H30N4OS. The van der Waals surface area contributed by atoms with Crippen molar-refractivity contribution in [3.63, 3.8) is 0 Å². The van der Waals surface area contributed by atoms with Gasteiger partial charge in [0.05, 0.1) is 12.2 Å². The Morgan fingerprint density at radius 3 is 2.70 bits per heavy atom. The first-order chi connectivity index (χ1) is 13.1. The van der Waals surface area contributed by atoms with Crippen LogP contribution in [0.25, 0.3) is 0 Å². The van der Waals surface area contributed by atoms with E-state index in [1.165, 1.54) is 24.8 Å². The molecule has 0 aliphatic heterocycles. The predicted octanol–water partition coefficient (Wildman–Crippen LogP) is 3.98. The van der Waals surface area contributed by atoms with Gasteiger partial charge < -0.3 is 15.0 Å². The van der Waals surface area contributed by atoms with Crippen molar-refractivity contribution < 1.29 is 4.74 Å². The molecule has 1 aromatic carbocycles. The van der Waals surface area contributed by atoms with E-state index in [0.29, 0.717) is 0 Å². The second-order valence-electron chi connectivity index (χ2n) is 7.31. The standard InChI is InChI=1S/C21H30N4OS/c1-16(26-4)19-24-18(14-27-19)13-25(3)20(22-2)23-15-21(11-8-12-21)17-9-6-5-7-10-17/h5-7,9-10,14,16H,8,11-13,15H2,1-4H3,(H,22,23). The number of nitrogens with one attached hydrogen (secondary N) is 1. The van der Waals surface area contributed by atoms with Gasteiger partial charge in [-0.25, -0.2) is 4.98 Å². The van der Waals surface area contributed by atoms with Crippen LogP contribution in [0.1, 0.15) is 48.6 Å². The zero-order chi connectivity index (χ0) is 19.3. The van der Waals surface area contributed by atoms with Crippen LogP contribution in [0.4, 0.5) is 0 Å². The van der Waals surface area contributed by atoms with Crippen molar-refractivity contribution >= 4 is 17.3 Å². The van der Waals surface area contributed by atoms with E-state index in [0.717, 1.165) is 29.8 Å². The van der Waals surface area contributed by atoms with Crippen LogP contribution >= 0.6 is 11.3 Å². The molecule has 2 aromatic rings. The highest BCUT2D eigenvalue weighted by Gasteiger charge is 2.38. The summed E-state index contributed by atoms with van der Waals surface area (Å²) in [5.41, 5.74) is 2.71. The van der Waals surface area contributed by atoms with Crippen LogP contribution in [0.3, 0.4) is 0 Å². The number of hydrogen-bond acceptors (Lipinski definition) is 4. The number of aliphatic imine (C=N–C) groups is 1. The molecule has 1 aliphatic rings. The Hall–Kier alpha value is -1.92. The van der Waals surface area contributed by atoms with Gasteiger partial charge in [-0.05, 0) is 25.3 Å². The van der Waals surface area contributed by atoms with Gasteiger partial charge in [0.15, 0.2) is 5.96 Å². The highest BCUT2D eigenvalue weighted by molar-refractivity contribution is 7.09. The maximum atomic E-state index is 5.36. The first-order valence-electron chi connectivity index (χ1n) is 9.52. The summed E-state index contributed by atoms with van der Waals surface area (Å²) < 4.78 is 5.36. The molecule has 1 unspecified atom stereocenters. The number of nitrogens with zero attached hydrogens (tertiary/aromatic N) is 3. The van der Waals surface area contributed by atoms with Crippen LogP contribution in [-0.4, -0.2) is 43.6 Å². The minimum Gasteiger partial charge on any atom is -0.375 e. The number of rotatable bonds is 7. The van der Waals surface area contributed by atoms with Crippen LogP contribution in [-0.2, 0) is 16.7 Å². The molecular weight excluding hydrogens is 356 g/mol. The summed E-state index contributed by atoms with van der Waals surface area (Å²) in [7, 11) is 5.62. The molecule has 1 fully saturated rings. The zero-order valence-electron chi connectivity index (χ0n) is 16.7. The van der Waals surface area contributed by atoms with Crippen molar-refractivity contribution in [3.05, 3.63) is 52.0 Å². The normalized spacial score (nSPS) is 17.3. The number of benzene rings is 1. The molecule has 5 nitrogen and oxygen atoms in total. The molecule has 1 N–H and O–H groups in total. The van der Waals surface area contributed by atoms with Gasteiger partial charge in [-0.15, -0.1) is 11.3 Å². The number of aromatic nitrogens is 1. The molecule has 146 valence electrons. The Labute approximate surface area is 166 Å². The number of methoxy groups -OCH3 is 1. The van der Waals surface area contributed by atoms with Crippen molar-refractivity contribution in [1.29, 1.82) is 0 Å². The van der Waals surface area contributed by atoms with Gasteiger partial charge in [-0.3, -0.25) is 4.99 Å². The summed E-state index contributed by atoms with van der Waals surface area (Å²) in [6.07, 6.45) is 3.80. The average molecular weight is 387 g/mol. The Kier molecular flexibility index (Phi) is 6.50. The van der Waals surface area contributed by atoms with E-state index in [1.54, 1.807) is 18.4 Å². The number of ether oxygens (including phenoxy) is 1. The summed E-state index contributed by atoms with van der Waals surface area (Å²) >= 11 is 1.65. The maximum Gasteiger partial charge on any atom is 0.193 e. The molecule has 0 saturated heterocycles. The van der Waals surface area contributed by atoms with E-state index in [-0.39, 0.29) is 11.5 Å². The highest BCUT2D eigenvalue weighted by Crippen LogP contribution is 2.43. The minimum absolute atomic E-state index is 0.0378. The lowest BCUT2D eigenvalue weighted by molar-refractivity contribution is 0.119. The van der Waals surface area contributed by atoms with Gasteiger partial charge in [0.25, 0.3) is 0 Å². The van der Waals surface area contributed by atoms with Gasteiger partial charge >= 0.3 is 0 Å². The van der Waals surface area contributed by atoms with E-state index in [4.69, 9.17) is 9.72 Å². The molecule has 6 heteroatoms. The Bertz CT molecular complexity index is 755. The Balaban J connectivity index is 1.61. The van der Waals surface area contributed by atoms with E-state index >= 15 is 0 Å². The van der Waals surface area contributed by atoms with E-state index in [1.807, 2.05) is 14.0 Å². The molecule has 0 radical (unpaired) electrons. The molecule has 0 bridgehead atoms. The van der Waals surface area contributed by atoms with Crippen LogP contribution < -0.4 is 5.32 Å². The van der Waals surface area contributed by atoms with Crippen LogP contribution in [0, 0.1) is 0 Å². The fourth-order valence-corrected chi connectivity index (χ4v) is 4.44. The summed E-state index contributed by atoms with van der Waals surface area (Å²) in [4.78, 5) is 11.3. The van der Waals surface area contributed by atoms with E-state index in [9.17, 15) is 0 Å². The van der Waals surface area contributed by atoms with Crippen LogP contribution in [0.5, 0.6) is 0 Å². The Morgan fingerprint density at radius 1 is 1.37 bits per heavy atom. The van der Waals surface area contributed by atoms with Gasteiger partial charge in [-0.1, -0.05) is 36.8 Å². The average Bonchev–Trinajstić information content (AvgIpc) is 3.12. The highest BCUT2D eigenvalue weighted by atomic mass is 32.1. The SMILES string of the molecule is CN=C(NCC1(c2ccccc2)CCC1)N(C)Cc1csc(C(C)OC)n1. The van der Waals surface area contributed by atoms with Gasteiger partial charge in [0.1, 0.15) is 11.1 Å². The third kappa shape index (κ3) is 4.50. The number of guanidine groups is 1. The van der Waals surface area contributed by atoms with Crippen LogP contribution in [0.2, 0.25) is 0 Å². The van der Waals surface area contributed by atoms with E-state index in [2.05, 4.69) is 58.0 Å². The van der Waals surface area contributed by atoms with Crippen molar-refractivity contribution in [1.82, 2.24) is 15.2 Å². The summed E-state index contributed by atoms with van der Waals surface area (Å²) in [5, 5.41) is 6.72. The van der Waals surface area contributed by atoms with Crippen molar-refractivity contribution in [2.75, 3.05) is 27.7 Å². The van der Waals surface area contributed by atoms with Crippen molar-refractivity contribution in [3.8, 4) is 0 Å². The van der Waals surface area contributed by atoms with Crippen molar-refractivity contribution in [2.45, 2.75) is 44.2 Å². The number of thiazole rings is 1. The van der Waals surface area contributed by atoms with Gasteiger partial charge in [0.2, 0.25) is 0 Å². The third-order valence-electron chi connectivity index (χ3n) is 5.53. The lowest BCUT2D eigenvalue weighted by Crippen LogP contribution is -2.49. The molecule has 0 spiro atoms. The smallest absolute Gasteiger partial charge is 0.193 e. The minimum atomic E-state index is 0.0378. The second-order valence-corrected chi connectivity index (χ2v) is 8.20. The quantitative estimate of drug-likeness (QED) is 0.578. The zero-order valence-corrected chi connectivity index (χ0v) is 17.6. The molecule has 1 saturated carbocycles. The fourth-order valence-electron chi connectivity index (χ4n) is 3.60. The monoisotopic (exact) mass is 386 g/mol. The lowest BCUT2D eigenvalue weighted by Gasteiger charge is -2.43. The molecule has 27 heavy (non-hydrogen) atoms. The van der Waals surface area contributed by atoms with Gasteiger partial charge in [0, 0.05) is 38.5 Å². The lowest BCUT2D eigenvalue weighted by atomic mass is 9.64.